The molecule has 0 spiro atoms. The smallest absolute Gasteiger partial charge is 0.0324 e. The third kappa shape index (κ3) is 3.70. The summed E-state index contributed by atoms with van der Waals surface area (Å²) in [5.41, 5.74) is 1.59. The minimum atomic E-state index is 0.741. The van der Waals surface area contributed by atoms with Crippen molar-refractivity contribution in [3.05, 3.63) is 11.8 Å². The van der Waals surface area contributed by atoms with Crippen LogP contribution in [0.5, 0.6) is 0 Å². The average Bonchev–Trinajstić information content (AvgIpc) is 3.53. The van der Waals surface area contributed by atoms with Gasteiger partial charge in [-0.3, -0.25) is 0 Å². The van der Waals surface area contributed by atoms with Crippen LogP contribution in [0.15, 0.2) is 11.8 Å². The first-order valence-electron chi connectivity index (χ1n) is 13.6. The number of hydrogen-bond donors (Lipinski definition) is 2. The lowest BCUT2D eigenvalue weighted by molar-refractivity contribution is 0.144. The predicted octanol–water partition coefficient (Wildman–Crippen LogP) is 6.18. The van der Waals surface area contributed by atoms with E-state index in [0.29, 0.717) is 0 Å². The normalized spacial score (nSPS) is 49.5. The molecule has 6 rings (SSSR count). The van der Waals surface area contributed by atoms with Crippen LogP contribution in [0, 0.1) is 35.5 Å². The molecule has 4 aliphatic carbocycles. The molecule has 4 saturated carbocycles. The molecular formula is C27H44N2. The molecule has 0 aromatic heterocycles. The SMILES string of the molecule is C1=C(CC2CCC(C3CCCC4CCCC43)N2)NC(C2CCCC3CCCC32)C1. The van der Waals surface area contributed by atoms with E-state index in [1.54, 1.807) is 18.5 Å². The van der Waals surface area contributed by atoms with Crippen molar-refractivity contribution in [2.45, 2.75) is 121 Å². The van der Waals surface area contributed by atoms with Gasteiger partial charge in [0.1, 0.15) is 0 Å². The van der Waals surface area contributed by atoms with Gasteiger partial charge < -0.3 is 10.6 Å². The average molecular weight is 397 g/mol. The highest BCUT2D eigenvalue weighted by atomic mass is 15.0. The molecule has 162 valence electrons. The van der Waals surface area contributed by atoms with Crippen LogP contribution < -0.4 is 10.6 Å². The lowest BCUT2D eigenvalue weighted by atomic mass is 9.70. The highest BCUT2D eigenvalue weighted by Crippen LogP contribution is 2.49. The second kappa shape index (κ2) is 8.21. The Labute approximate surface area is 179 Å². The van der Waals surface area contributed by atoms with Crippen LogP contribution in [0.25, 0.3) is 0 Å². The predicted molar refractivity (Wildman–Crippen MR) is 121 cm³/mol. The second-order valence-corrected chi connectivity index (χ2v) is 11.9. The van der Waals surface area contributed by atoms with Gasteiger partial charge in [-0.15, -0.1) is 0 Å². The molecule has 0 bridgehead atoms. The van der Waals surface area contributed by atoms with E-state index >= 15 is 0 Å². The molecule has 0 radical (unpaired) electrons. The van der Waals surface area contributed by atoms with Crippen molar-refractivity contribution in [3.8, 4) is 0 Å². The molecule has 9 unspecified atom stereocenters. The third-order valence-corrected chi connectivity index (χ3v) is 10.5. The maximum atomic E-state index is 4.15. The van der Waals surface area contributed by atoms with E-state index in [1.807, 2.05) is 0 Å². The molecule has 5 fully saturated rings. The summed E-state index contributed by atoms with van der Waals surface area (Å²) in [4.78, 5) is 0. The van der Waals surface area contributed by atoms with Crippen molar-refractivity contribution in [1.29, 1.82) is 0 Å². The Kier molecular flexibility index (Phi) is 5.44. The highest BCUT2D eigenvalue weighted by Gasteiger charge is 2.43. The molecule has 29 heavy (non-hydrogen) atoms. The summed E-state index contributed by atoms with van der Waals surface area (Å²) in [6.45, 7) is 0. The van der Waals surface area contributed by atoms with E-state index in [-0.39, 0.29) is 0 Å². The van der Waals surface area contributed by atoms with Gasteiger partial charge in [-0.05, 0) is 80.5 Å². The fourth-order valence-electron chi connectivity index (χ4n) is 9.30. The van der Waals surface area contributed by atoms with Gasteiger partial charge in [0.05, 0.1) is 0 Å². The standard InChI is InChI=1S/C27H44N2/c1-5-18-7-3-11-24(22(18)9-1)26-15-13-20(28-26)17-21-14-16-27(29-21)25-12-4-8-19-6-2-10-23(19)25/h13,18-19,21-29H,1-12,14-17H2. The maximum Gasteiger partial charge on any atom is 0.0324 e. The van der Waals surface area contributed by atoms with E-state index in [2.05, 4.69) is 16.7 Å². The summed E-state index contributed by atoms with van der Waals surface area (Å²) in [5.74, 6) is 6.25. The van der Waals surface area contributed by atoms with Gasteiger partial charge in [-0.25, -0.2) is 0 Å². The molecule has 1 saturated heterocycles. The molecule has 2 aliphatic heterocycles. The summed E-state index contributed by atoms with van der Waals surface area (Å²) in [5, 5.41) is 8.20. The van der Waals surface area contributed by atoms with Gasteiger partial charge in [-0.1, -0.05) is 57.4 Å². The first kappa shape index (κ1) is 19.2. The Hall–Kier alpha value is -0.500. The third-order valence-electron chi connectivity index (χ3n) is 10.5. The van der Waals surface area contributed by atoms with E-state index in [1.165, 1.54) is 89.9 Å². The van der Waals surface area contributed by atoms with Crippen molar-refractivity contribution < 1.29 is 0 Å². The Balaban J connectivity index is 1.02. The summed E-state index contributed by atoms with van der Waals surface area (Å²) in [6.07, 6.45) is 26.3. The Bertz CT molecular complexity index is 612. The number of nitrogens with one attached hydrogen (secondary N) is 2. The Morgan fingerprint density at radius 2 is 1.21 bits per heavy atom. The fourth-order valence-corrected chi connectivity index (χ4v) is 9.30. The molecule has 2 nitrogen and oxygen atoms in total. The first-order valence-corrected chi connectivity index (χ1v) is 13.6. The van der Waals surface area contributed by atoms with Crippen LogP contribution in [-0.4, -0.2) is 18.1 Å². The molecule has 2 N–H and O–H groups in total. The molecular weight excluding hydrogens is 352 g/mol. The van der Waals surface area contributed by atoms with Crippen LogP contribution in [0.1, 0.15) is 103 Å². The topological polar surface area (TPSA) is 24.1 Å². The van der Waals surface area contributed by atoms with Crippen LogP contribution in [0.4, 0.5) is 0 Å². The zero-order valence-electron chi connectivity index (χ0n) is 18.6. The summed E-state index contributed by atoms with van der Waals surface area (Å²) in [6, 6.07) is 2.34. The van der Waals surface area contributed by atoms with E-state index < -0.39 is 0 Å². The largest absolute Gasteiger partial charge is 0.385 e. The Morgan fingerprint density at radius 3 is 1.86 bits per heavy atom. The number of rotatable bonds is 4. The van der Waals surface area contributed by atoms with Gasteiger partial charge >= 0.3 is 0 Å². The summed E-state index contributed by atoms with van der Waals surface area (Å²) < 4.78 is 0. The molecule has 2 heterocycles. The molecule has 9 atom stereocenters. The van der Waals surface area contributed by atoms with Gasteiger partial charge in [0, 0.05) is 30.2 Å². The lowest BCUT2D eigenvalue weighted by Gasteiger charge is -2.38. The monoisotopic (exact) mass is 396 g/mol. The molecule has 2 heteroatoms. The Morgan fingerprint density at radius 1 is 0.621 bits per heavy atom. The minimum Gasteiger partial charge on any atom is -0.385 e. The quantitative estimate of drug-likeness (QED) is 0.593. The van der Waals surface area contributed by atoms with Crippen LogP contribution in [-0.2, 0) is 0 Å². The molecule has 6 aliphatic rings. The first-order chi connectivity index (χ1) is 14.3. The van der Waals surface area contributed by atoms with Crippen molar-refractivity contribution >= 4 is 0 Å². The zero-order chi connectivity index (χ0) is 19.2. The van der Waals surface area contributed by atoms with E-state index in [4.69, 9.17) is 0 Å². The maximum absolute atomic E-state index is 4.15. The molecule has 0 amide bonds. The van der Waals surface area contributed by atoms with Crippen molar-refractivity contribution in [2.75, 3.05) is 0 Å². The highest BCUT2D eigenvalue weighted by molar-refractivity contribution is 5.14. The van der Waals surface area contributed by atoms with Gasteiger partial charge in [0.25, 0.3) is 0 Å². The number of hydrogen-bond acceptors (Lipinski definition) is 2. The van der Waals surface area contributed by atoms with E-state index in [0.717, 1.165) is 53.6 Å². The van der Waals surface area contributed by atoms with Crippen molar-refractivity contribution in [3.63, 3.8) is 0 Å². The van der Waals surface area contributed by atoms with Gasteiger partial charge in [0.2, 0.25) is 0 Å². The van der Waals surface area contributed by atoms with Crippen LogP contribution in [0.2, 0.25) is 0 Å². The van der Waals surface area contributed by atoms with Crippen LogP contribution in [0.3, 0.4) is 0 Å². The fraction of sp³-hybridized carbons (Fsp3) is 0.926. The lowest BCUT2D eigenvalue weighted by Crippen LogP contribution is -2.42. The molecule has 0 aromatic rings. The molecule has 0 aromatic carbocycles. The summed E-state index contributed by atoms with van der Waals surface area (Å²) in [7, 11) is 0. The number of fused-ring (bicyclic) bond motifs is 2. The van der Waals surface area contributed by atoms with Gasteiger partial charge in [-0.2, -0.15) is 0 Å². The minimum absolute atomic E-state index is 0.741. The zero-order valence-corrected chi connectivity index (χ0v) is 18.6. The van der Waals surface area contributed by atoms with Crippen LogP contribution >= 0.6 is 0 Å². The summed E-state index contributed by atoms with van der Waals surface area (Å²) >= 11 is 0. The van der Waals surface area contributed by atoms with Gasteiger partial charge in [0.15, 0.2) is 0 Å². The second-order valence-electron chi connectivity index (χ2n) is 11.9. The van der Waals surface area contributed by atoms with Crippen molar-refractivity contribution in [1.82, 2.24) is 10.6 Å². The van der Waals surface area contributed by atoms with E-state index in [9.17, 15) is 0 Å². The van der Waals surface area contributed by atoms with Crippen molar-refractivity contribution in [2.24, 2.45) is 35.5 Å².